The van der Waals surface area contributed by atoms with Crippen molar-refractivity contribution in [2.45, 2.75) is 44.4 Å². The minimum Gasteiger partial charge on any atom is -0.493 e. The number of aliphatic hydroxyl groups excluding tert-OH is 1. The van der Waals surface area contributed by atoms with Gasteiger partial charge < -0.3 is 9.84 Å². The van der Waals surface area contributed by atoms with E-state index in [1.807, 2.05) is 0 Å². The van der Waals surface area contributed by atoms with E-state index in [-0.39, 0.29) is 10.8 Å². The van der Waals surface area contributed by atoms with Crippen molar-refractivity contribution in [3.05, 3.63) is 29.3 Å². The predicted molar refractivity (Wildman–Crippen MR) is 72.1 cm³/mol. The maximum Gasteiger partial charge on any atom is 0.123 e. The average Bonchev–Trinajstić information content (AvgIpc) is 3.01. The molecule has 1 N–H and O–H groups in total. The van der Waals surface area contributed by atoms with Crippen LogP contribution < -0.4 is 4.74 Å². The zero-order valence-corrected chi connectivity index (χ0v) is 11.5. The minimum absolute atomic E-state index is 0.178. The Hall–Kier alpha value is -1.02. The van der Waals surface area contributed by atoms with Gasteiger partial charge in [-0.2, -0.15) is 0 Å². The molecule has 1 heterocycles. The van der Waals surface area contributed by atoms with E-state index in [4.69, 9.17) is 4.74 Å². The van der Waals surface area contributed by atoms with Gasteiger partial charge in [0.1, 0.15) is 5.75 Å². The fourth-order valence-corrected chi connectivity index (χ4v) is 3.16. The van der Waals surface area contributed by atoms with Gasteiger partial charge in [0.2, 0.25) is 0 Å². The summed E-state index contributed by atoms with van der Waals surface area (Å²) in [5.41, 5.74) is 3.07. The van der Waals surface area contributed by atoms with Gasteiger partial charge in [-0.1, -0.05) is 32.9 Å². The molecule has 0 amide bonds. The first-order chi connectivity index (χ1) is 8.47. The Kier molecular flexibility index (Phi) is 2.50. The molecule has 1 aromatic carbocycles. The minimum atomic E-state index is 0.178. The molecular formula is C16H22O2. The number of aliphatic hydroxyl groups is 1. The SMILES string of the molecule is CC1(C)CCOc2ccc(C3(C)CC3CO)cc21. The molecule has 0 saturated heterocycles. The Morgan fingerprint density at radius 1 is 1.33 bits per heavy atom. The van der Waals surface area contributed by atoms with E-state index in [0.29, 0.717) is 12.5 Å². The Bertz CT molecular complexity index is 478. The van der Waals surface area contributed by atoms with Crippen LogP contribution in [-0.2, 0) is 10.8 Å². The second-order valence-electron chi connectivity index (χ2n) is 6.69. The van der Waals surface area contributed by atoms with Gasteiger partial charge in [-0.25, -0.2) is 0 Å². The van der Waals surface area contributed by atoms with Crippen molar-refractivity contribution in [2.75, 3.05) is 13.2 Å². The maximum absolute atomic E-state index is 9.32. The molecular weight excluding hydrogens is 224 g/mol. The monoisotopic (exact) mass is 246 g/mol. The highest BCUT2D eigenvalue weighted by Crippen LogP contribution is 2.54. The second kappa shape index (κ2) is 3.74. The molecule has 0 aromatic heterocycles. The van der Waals surface area contributed by atoms with Gasteiger partial charge in [0.05, 0.1) is 6.61 Å². The number of ether oxygens (including phenoxy) is 1. The third-order valence-electron chi connectivity index (χ3n) is 4.98. The molecule has 18 heavy (non-hydrogen) atoms. The number of fused-ring (bicyclic) bond motifs is 1. The highest BCUT2D eigenvalue weighted by molar-refractivity contribution is 5.47. The van der Waals surface area contributed by atoms with Crippen molar-refractivity contribution in [3.8, 4) is 5.75 Å². The molecule has 3 rings (SSSR count). The van der Waals surface area contributed by atoms with Crippen molar-refractivity contribution in [1.29, 1.82) is 0 Å². The molecule has 2 aliphatic rings. The van der Waals surface area contributed by atoms with E-state index in [0.717, 1.165) is 25.2 Å². The first kappa shape index (κ1) is 12.0. The van der Waals surface area contributed by atoms with Crippen molar-refractivity contribution in [3.63, 3.8) is 0 Å². The summed E-state index contributed by atoms with van der Waals surface area (Å²) in [7, 11) is 0. The van der Waals surface area contributed by atoms with E-state index in [2.05, 4.69) is 39.0 Å². The first-order valence-electron chi connectivity index (χ1n) is 6.86. The number of benzene rings is 1. The summed E-state index contributed by atoms with van der Waals surface area (Å²) in [6.07, 6.45) is 2.17. The lowest BCUT2D eigenvalue weighted by atomic mass is 9.78. The Morgan fingerprint density at radius 2 is 2.11 bits per heavy atom. The van der Waals surface area contributed by atoms with Crippen molar-refractivity contribution < 1.29 is 9.84 Å². The van der Waals surface area contributed by atoms with E-state index in [1.165, 1.54) is 11.1 Å². The van der Waals surface area contributed by atoms with Gasteiger partial charge in [0, 0.05) is 12.2 Å². The zero-order valence-electron chi connectivity index (χ0n) is 11.5. The highest BCUT2D eigenvalue weighted by Gasteiger charge is 2.51. The molecule has 1 aliphatic heterocycles. The van der Waals surface area contributed by atoms with Crippen molar-refractivity contribution in [2.24, 2.45) is 5.92 Å². The molecule has 2 heteroatoms. The quantitative estimate of drug-likeness (QED) is 0.869. The molecule has 1 saturated carbocycles. The molecule has 2 unspecified atom stereocenters. The standard InChI is InChI=1S/C16H22O2/c1-15(2)6-7-18-14-5-4-11(8-13(14)15)16(3)9-12(16)10-17/h4-5,8,12,17H,6-7,9-10H2,1-3H3. The summed E-state index contributed by atoms with van der Waals surface area (Å²) in [5.74, 6) is 1.47. The van der Waals surface area contributed by atoms with Gasteiger partial charge in [-0.15, -0.1) is 0 Å². The lowest BCUT2D eigenvalue weighted by Crippen LogP contribution is -2.27. The Morgan fingerprint density at radius 3 is 2.78 bits per heavy atom. The summed E-state index contributed by atoms with van der Waals surface area (Å²) in [6.45, 7) is 7.95. The van der Waals surface area contributed by atoms with Crippen molar-refractivity contribution in [1.82, 2.24) is 0 Å². The van der Waals surface area contributed by atoms with Gasteiger partial charge in [0.15, 0.2) is 0 Å². The Balaban J connectivity index is 2.01. The van der Waals surface area contributed by atoms with Crippen LogP contribution in [0.2, 0.25) is 0 Å². The number of hydrogen-bond acceptors (Lipinski definition) is 2. The van der Waals surface area contributed by atoms with Crippen LogP contribution in [0.15, 0.2) is 18.2 Å². The zero-order chi connectivity index (χ0) is 13.0. The van der Waals surface area contributed by atoms with Crippen LogP contribution in [0.5, 0.6) is 5.75 Å². The average molecular weight is 246 g/mol. The predicted octanol–water partition coefficient (Wildman–Crippen LogP) is 3.02. The highest BCUT2D eigenvalue weighted by atomic mass is 16.5. The van der Waals surface area contributed by atoms with Gasteiger partial charge in [0.25, 0.3) is 0 Å². The van der Waals surface area contributed by atoms with Crippen LogP contribution in [-0.4, -0.2) is 18.3 Å². The van der Waals surface area contributed by atoms with Gasteiger partial charge in [-0.05, 0) is 41.2 Å². The van der Waals surface area contributed by atoms with Gasteiger partial charge in [-0.3, -0.25) is 0 Å². The third-order valence-corrected chi connectivity index (χ3v) is 4.98. The smallest absolute Gasteiger partial charge is 0.123 e. The van der Waals surface area contributed by atoms with Crippen LogP contribution in [0.3, 0.4) is 0 Å². The molecule has 0 bridgehead atoms. The van der Waals surface area contributed by atoms with E-state index in [1.54, 1.807) is 0 Å². The normalized spacial score (nSPS) is 32.6. The maximum atomic E-state index is 9.32. The molecule has 0 radical (unpaired) electrons. The topological polar surface area (TPSA) is 29.5 Å². The third kappa shape index (κ3) is 1.66. The molecule has 0 spiro atoms. The van der Waals surface area contributed by atoms with Crippen LogP contribution in [0, 0.1) is 5.92 Å². The molecule has 2 atom stereocenters. The van der Waals surface area contributed by atoms with Crippen LogP contribution in [0.4, 0.5) is 0 Å². The molecule has 1 aliphatic carbocycles. The van der Waals surface area contributed by atoms with E-state index in [9.17, 15) is 5.11 Å². The summed E-state index contributed by atoms with van der Waals surface area (Å²) in [6, 6.07) is 6.60. The summed E-state index contributed by atoms with van der Waals surface area (Å²) in [4.78, 5) is 0. The lowest BCUT2D eigenvalue weighted by Gasteiger charge is -2.33. The second-order valence-corrected chi connectivity index (χ2v) is 6.69. The van der Waals surface area contributed by atoms with E-state index < -0.39 is 0 Å². The number of rotatable bonds is 2. The summed E-state index contributed by atoms with van der Waals surface area (Å²) >= 11 is 0. The Labute approximate surface area is 109 Å². The fraction of sp³-hybridized carbons (Fsp3) is 0.625. The molecule has 2 nitrogen and oxygen atoms in total. The lowest BCUT2D eigenvalue weighted by molar-refractivity contribution is 0.233. The fourth-order valence-electron chi connectivity index (χ4n) is 3.16. The molecule has 1 aromatic rings. The summed E-state index contributed by atoms with van der Waals surface area (Å²) < 4.78 is 5.75. The van der Waals surface area contributed by atoms with Crippen molar-refractivity contribution >= 4 is 0 Å². The molecule has 1 fully saturated rings. The van der Waals surface area contributed by atoms with Crippen LogP contribution >= 0.6 is 0 Å². The van der Waals surface area contributed by atoms with Crippen LogP contribution in [0.1, 0.15) is 44.7 Å². The summed E-state index contributed by atoms with van der Waals surface area (Å²) in [5, 5.41) is 9.32. The largest absolute Gasteiger partial charge is 0.493 e. The van der Waals surface area contributed by atoms with Crippen LogP contribution in [0.25, 0.3) is 0 Å². The van der Waals surface area contributed by atoms with E-state index >= 15 is 0 Å². The van der Waals surface area contributed by atoms with Gasteiger partial charge >= 0.3 is 0 Å². The molecule has 98 valence electrons. The first-order valence-corrected chi connectivity index (χ1v) is 6.86. The number of hydrogen-bond donors (Lipinski definition) is 1.